The van der Waals surface area contributed by atoms with Gasteiger partial charge >= 0.3 is 0 Å². The number of amides is 1. The zero-order chi connectivity index (χ0) is 14.7. The van der Waals surface area contributed by atoms with Gasteiger partial charge in [-0.05, 0) is 49.4 Å². The van der Waals surface area contributed by atoms with Crippen LogP contribution in [0.3, 0.4) is 0 Å². The highest BCUT2D eigenvalue weighted by Gasteiger charge is 2.12. The Balaban J connectivity index is 2.16. The number of halogens is 3. The predicted molar refractivity (Wildman–Crippen MR) is 90.6 cm³/mol. The Morgan fingerprint density at radius 1 is 1.35 bits per heavy atom. The molecule has 0 fully saturated rings. The number of benzene rings is 1. The number of phenolic OH excluding ortho intramolecular Hbond substituents is 1. The fourth-order valence-corrected chi connectivity index (χ4v) is 4.27. The summed E-state index contributed by atoms with van der Waals surface area (Å²) in [6.45, 7) is 0. The molecule has 1 aromatic carbocycles. The average Bonchev–Trinajstić information content (AvgIpc) is 2.94. The summed E-state index contributed by atoms with van der Waals surface area (Å²) in [6.07, 6.45) is 1.45. The normalized spacial score (nSPS) is 10.9. The lowest BCUT2D eigenvalue weighted by Crippen LogP contribution is -2.16. The molecule has 0 saturated carbocycles. The molecule has 0 unspecified atom stereocenters. The molecule has 0 aliphatic carbocycles. The number of phenols is 1. The quantitative estimate of drug-likeness (QED) is 0.499. The average molecular weight is 483 g/mol. The maximum absolute atomic E-state index is 11.7. The summed E-state index contributed by atoms with van der Waals surface area (Å²) in [5, 5.41) is 15.5. The molecule has 0 spiro atoms. The fraction of sp³-hybridized carbons (Fsp3) is 0. The molecule has 8 heteroatoms. The highest BCUT2D eigenvalue weighted by Crippen LogP contribution is 2.38. The summed E-state index contributed by atoms with van der Waals surface area (Å²) in [7, 11) is 0. The van der Waals surface area contributed by atoms with Crippen LogP contribution in [0, 0.1) is 0 Å². The highest BCUT2D eigenvalue weighted by atomic mass is 79.9. The zero-order valence-electron chi connectivity index (χ0n) is 9.73. The number of hydrogen-bond donors (Lipinski definition) is 2. The number of rotatable bonds is 3. The van der Waals surface area contributed by atoms with E-state index in [-0.39, 0.29) is 11.7 Å². The minimum absolute atomic E-state index is 0.0687. The minimum atomic E-state index is -0.273. The van der Waals surface area contributed by atoms with Crippen LogP contribution in [-0.2, 0) is 0 Å². The molecule has 0 bridgehead atoms. The molecule has 4 nitrogen and oxygen atoms in total. The van der Waals surface area contributed by atoms with Gasteiger partial charge in [-0.15, -0.1) is 11.3 Å². The van der Waals surface area contributed by atoms with E-state index in [1.807, 2.05) is 5.38 Å². The van der Waals surface area contributed by atoms with E-state index in [0.717, 1.165) is 4.47 Å². The van der Waals surface area contributed by atoms with Crippen LogP contribution in [0.4, 0.5) is 0 Å². The topological polar surface area (TPSA) is 61.7 Å². The maximum Gasteiger partial charge on any atom is 0.281 e. The summed E-state index contributed by atoms with van der Waals surface area (Å²) in [5.74, 6) is -0.205. The first-order chi connectivity index (χ1) is 9.50. The summed E-state index contributed by atoms with van der Waals surface area (Å²) in [6, 6.07) is 5.21. The van der Waals surface area contributed by atoms with E-state index in [1.165, 1.54) is 17.6 Å². The predicted octanol–water partition coefficient (Wildman–Crippen LogP) is 4.51. The smallest absolute Gasteiger partial charge is 0.281 e. The monoisotopic (exact) mass is 480 g/mol. The number of hydrazone groups is 1. The van der Waals surface area contributed by atoms with Crippen LogP contribution in [0.25, 0.3) is 0 Å². The molecule has 0 aliphatic rings. The van der Waals surface area contributed by atoms with Crippen molar-refractivity contribution in [2.45, 2.75) is 0 Å². The summed E-state index contributed by atoms with van der Waals surface area (Å²) in [4.78, 5) is 12.3. The number of hydrogen-bond acceptors (Lipinski definition) is 4. The summed E-state index contributed by atoms with van der Waals surface area (Å²) >= 11 is 11.2. The Labute approximate surface area is 144 Å². The van der Waals surface area contributed by atoms with Crippen LogP contribution in [0.1, 0.15) is 15.2 Å². The van der Waals surface area contributed by atoms with Crippen molar-refractivity contribution in [1.82, 2.24) is 5.43 Å². The van der Waals surface area contributed by atoms with Crippen molar-refractivity contribution < 1.29 is 9.90 Å². The molecule has 104 valence electrons. The van der Waals surface area contributed by atoms with Crippen LogP contribution in [-0.4, -0.2) is 17.2 Å². The first-order valence-corrected chi connectivity index (χ1v) is 8.50. The molecule has 1 heterocycles. The Morgan fingerprint density at radius 3 is 2.75 bits per heavy atom. The molecule has 0 atom stereocenters. The van der Waals surface area contributed by atoms with Crippen molar-refractivity contribution in [2.75, 3.05) is 0 Å². The van der Waals surface area contributed by atoms with Gasteiger partial charge in [-0.1, -0.05) is 22.0 Å². The standard InChI is InChI=1S/C12H7Br3N2O2S/c13-7-4-8(14)11(18)10(15)6(7)5-16-17-12(19)9-2-1-3-20-9/h1-5,18H,(H,17,19). The molecule has 2 rings (SSSR count). The van der Waals surface area contributed by atoms with E-state index < -0.39 is 0 Å². The van der Waals surface area contributed by atoms with Gasteiger partial charge in [-0.3, -0.25) is 4.79 Å². The van der Waals surface area contributed by atoms with E-state index in [2.05, 4.69) is 58.3 Å². The van der Waals surface area contributed by atoms with Crippen LogP contribution in [0.2, 0.25) is 0 Å². The number of aromatic hydroxyl groups is 1. The zero-order valence-corrected chi connectivity index (χ0v) is 15.3. The number of thiophene rings is 1. The molecule has 2 N–H and O–H groups in total. The lowest BCUT2D eigenvalue weighted by Gasteiger charge is -2.06. The largest absolute Gasteiger partial charge is 0.506 e. The van der Waals surface area contributed by atoms with Crippen LogP contribution in [0.5, 0.6) is 5.75 Å². The molecule has 20 heavy (non-hydrogen) atoms. The van der Waals surface area contributed by atoms with Gasteiger partial charge in [0, 0.05) is 10.0 Å². The van der Waals surface area contributed by atoms with Crippen molar-refractivity contribution in [3.8, 4) is 5.75 Å². The molecule has 1 aromatic heterocycles. The Kier molecular flexibility index (Phi) is 5.36. The molecule has 2 aromatic rings. The Bertz CT molecular complexity index is 672. The lowest BCUT2D eigenvalue weighted by atomic mass is 10.2. The second kappa shape index (κ2) is 6.84. The third-order valence-corrected chi connectivity index (χ3v) is 5.22. The molecule has 0 saturated heterocycles. The first kappa shape index (κ1) is 15.7. The van der Waals surface area contributed by atoms with Crippen molar-refractivity contribution in [2.24, 2.45) is 5.10 Å². The van der Waals surface area contributed by atoms with Gasteiger partial charge in [0.2, 0.25) is 0 Å². The first-order valence-electron chi connectivity index (χ1n) is 5.24. The van der Waals surface area contributed by atoms with E-state index >= 15 is 0 Å². The van der Waals surface area contributed by atoms with Gasteiger partial charge in [0.25, 0.3) is 5.91 Å². The summed E-state index contributed by atoms with van der Waals surface area (Å²) in [5.41, 5.74) is 3.05. The summed E-state index contributed by atoms with van der Waals surface area (Å²) < 4.78 is 1.76. The fourth-order valence-electron chi connectivity index (χ4n) is 1.33. The van der Waals surface area contributed by atoms with Gasteiger partial charge in [0.05, 0.1) is 20.0 Å². The number of nitrogens with zero attached hydrogens (tertiary/aromatic N) is 1. The molecule has 0 radical (unpaired) electrons. The van der Waals surface area contributed by atoms with Crippen LogP contribution < -0.4 is 5.43 Å². The number of carbonyl (C=O) groups excluding carboxylic acids is 1. The SMILES string of the molecule is O=C(NN=Cc1c(Br)cc(Br)c(O)c1Br)c1cccs1. The van der Waals surface area contributed by atoms with E-state index in [4.69, 9.17) is 0 Å². The molecular weight excluding hydrogens is 476 g/mol. The second-order valence-electron chi connectivity index (χ2n) is 3.59. The van der Waals surface area contributed by atoms with E-state index in [1.54, 1.807) is 18.2 Å². The third-order valence-electron chi connectivity index (χ3n) is 2.29. The van der Waals surface area contributed by atoms with Gasteiger partial charge in [-0.25, -0.2) is 5.43 Å². The number of carbonyl (C=O) groups is 1. The van der Waals surface area contributed by atoms with Gasteiger partial charge in [0.1, 0.15) is 5.75 Å². The van der Waals surface area contributed by atoms with Gasteiger partial charge in [0.15, 0.2) is 0 Å². The van der Waals surface area contributed by atoms with Gasteiger partial charge < -0.3 is 5.11 Å². The van der Waals surface area contributed by atoms with E-state index in [9.17, 15) is 9.90 Å². The lowest BCUT2D eigenvalue weighted by molar-refractivity contribution is 0.0959. The van der Waals surface area contributed by atoms with Crippen molar-refractivity contribution in [3.05, 3.63) is 47.4 Å². The third kappa shape index (κ3) is 3.49. The maximum atomic E-state index is 11.7. The number of nitrogens with one attached hydrogen (secondary N) is 1. The van der Waals surface area contributed by atoms with Crippen molar-refractivity contribution >= 4 is 71.2 Å². The minimum Gasteiger partial charge on any atom is -0.506 e. The van der Waals surface area contributed by atoms with Gasteiger partial charge in [-0.2, -0.15) is 5.10 Å². The van der Waals surface area contributed by atoms with Crippen LogP contribution in [0.15, 0.2) is 42.1 Å². The highest BCUT2D eigenvalue weighted by molar-refractivity contribution is 9.11. The molecular formula is C12H7Br3N2O2S. The Hall–Kier alpha value is -0.700. The molecule has 1 amide bonds. The molecule has 0 aliphatic heterocycles. The Morgan fingerprint density at radius 2 is 2.10 bits per heavy atom. The van der Waals surface area contributed by atoms with Crippen molar-refractivity contribution in [1.29, 1.82) is 0 Å². The van der Waals surface area contributed by atoms with E-state index in [0.29, 0.717) is 19.4 Å². The van der Waals surface area contributed by atoms with Crippen molar-refractivity contribution in [3.63, 3.8) is 0 Å². The second-order valence-corrected chi connectivity index (χ2v) is 7.04. The van der Waals surface area contributed by atoms with Crippen LogP contribution >= 0.6 is 59.1 Å².